The van der Waals surface area contributed by atoms with Crippen LogP contribution in [0.15, 0.2) is 36.5 Å². The van der Waals surface area contributed by atoms with Crippen molar-refractivity contribution in [3.8, 4) is 6.07 Å². The number of unbranched alkanes of at least 4 members (excludes halogenated alkanes) is 1. The molecule has 0 amide bonds. The molecule has 3 rings (SSSR count). The Morgan fingerprint density at radius 2 is 2.00 bits per heavy atom. The summed E-state index contributed by atoms with van der Waals surface area (Å²) in [7, 11) is 0. The maximum absolute atomic E-state index is 8.86. The molecule has 0 radical (unpaired) electrons. The molecule has 3 aromatic rings. The molecule has 0 aliphatic heterocycles. The third-order valence-electron chi connectivity index (χ3n) is 3.77. The van der Waals surface area contributed by atoms with Gasteiger partial charge in [-0.2, -0.15) is 5.26 Å². The number of aromatic amines is 1. The standard InChI is InChI=1S/C18H18N4/c1-2-3-4-16-21-17-15(9-10-20-18(17)22-16)11-13-5-7-14(12-19)8-6-13/h5-10H,2-4,11H2,1H3,(H,20,21,22). The summed E-state index contributed by atoms with van der Waals surface area (Å²) < 4.78 is 0. The first-order valence-electron chi connectivity index (χ1n) is 7.61. The Bertz CT molecular complexity index is 809. The van der Waals surface area contributed by atoms with Gasteiger partial charge in [0.05, 0.1) is 17.1 Å². The molecule has 0 bridgehead atoms. The predicted octanol–water partition coefficient (Wildman–Crippen LogP) is 3.76. The van der Waals surface area contributed by atoms with E-state index in [2.05, 4.69) is 27.9 Å². The van der Waals surface area contributed by atoms with Crippen LogP contribution in [0, 0.1) is 11.3 Å². The van der Waals surface area contributed by atoms with Gasteiger partial charge < -0.3 is 4.98 Å². The smallest absolute Gasteiger partial charge is 0.177 e. The molecule has 1 aromatic carbocycles. The van der Waals surface area contributed by atoms with Crippen molar-refractivity contribution in [1.82, 2.24) is 15.0 Å². The molecule has 110 valence electrons. The zero-order valence-corrected chi connectivity index (χ0v) is 12.6. The van der Waals surface area contributed by atoms with Gasteiger partial charge in [0.15, 0.2) is 5.65 Å². The second-order valence-electron chi connectivity index (χ2n) is 5.44. The number of imidazole rings is 1. The number of nitrogens with zero attached hydrogens (tertiary/aromatic N) is 3. The van der Waals surface area contributed by atoms with E-state index in [0.717, 1.165) is 42.7 Å². The third-order valence-corrected chi connectivity index (χ3v) is 3.77. The van der Waals surface area contributed by atoms with Crippen LogP contribution in [0.5, 0.6) is 0 Å². The molecule has 4 heteroatoms. The molecule has 2 aromatic heterocycles. The highest BCUT2D eigenvalue weighted by molar-refractivity contribution is 5.75. The number of benzene rings is 1. The van der Waals surface area contributed by atoms with Crippen LogP contribution < -0.4 is 0 Å². The van der Waals surface area contributed by atoms with Crippen molar-refractivity contribution >= 4 is 11.2 Å². The lowest BCUT2D eigenvalue weighted by molar-refractivity contribution is 0.764. The summed E-state index contributed by atoms with van der Waals surface area (Å²) in [5, 5.41) is 8.86. The fourth-order valence-corrected chi connectivity index (χ4v) is 2.54. The number of aryl methyl sites for hydroxylation is 1. The van der Waals surface area contributed by atoms with Crippen LogP contribution >= 0.6 is 0 Å². The van der Waals surface area contributed by atoms with Gasteiger partial charge in [-0.1, -0.05) is 25.5 Å². The van der Waals surface area contributed by atoms with E-state index < -0.39 is 0 Å². The zero-order chi connectivity index (χ0) is 15.4. The molecule has 0 aliphatic carbocycles. The van der Waals surface area contributed by atoms with Gasteiger partial charge in [0.25, 0.3) is 0 Å². The van der Waals surface area contributed by atoms with Gasteiger partial charge in [-0.25, -0.2) is 9.97 Å². The van der Waals surface area contributed by atoms with Crippen LogP contribution in [0.1, 0.15) is 42.3 Å². The van der Waals surface area contributed by atoms with Crippen molar-refractivity contribution in [3.63, 3.8) is 0 Å². The number of hydrogen-bond donors (Lipinski definition) is 1. The van der Waals surface area contributed by atoms with E-state index in [1.165, 1.54) is 11.1 Å². The summed E-state index contributed by atoms with van der Waals surface area (Å²) in [6, 6.07) is 11.9. The van der Waals surface area contributed by atoms with Gasteiger partial charge in [0.2, 0.25) is 0 Å². The first kappa shape index (κ1) is 14.3. The van der Waals surface area contributed by atoms with E-state index in [-0.39, 0.29) is 0 Å². The van der Waals surface area contributed by atoms with Crippen molar-refractivity contribution in [3.05, 3.63) is 59.0 Å². The molecule has 0 saturated carbocycles. The van der Waals surface area contributed by atoms with Crippen molar-refractivity contribution in [2.24, 2.45) is 0 Å². The largest absolute Gasteiger partial charge is 0.340 e. The Balaban J connectivity index is 1.89. The van der Waals surface area contributed by atoms with Crippen LogP contribution in [0.2, 0.25) is 0 Å². The summed E-state index contributed by atoms with van der Waals surface area (Å²) in [5.41, 5.74) is 4.86. The Kier molecular flexibility index (Phi) is 4.15. The molecular weight excluding hydrogens is 272 g/mol. The van der Waals surface area contributed by atoms with Gasteiger partial charge in [0.1, 0.15) is 5.82 Å². The second kappa shape index (κ2) is 6.40. The van der Waals surface area contributed by atoms with Crippen molar-refractivity contribution in [2.45, 2.75) is 32.6 Å². The Labute approximate surface area is 129 Å². The quantitative estimate of drug-likeness (QED) is 0.778. The molecule has 0 saturated heterocycles. The summed E-state index contributed by atoms with van der Waals surface area (Å²) >= 11 is 0. The van der Waals surface area contributed by atoms with Crippen molar-refractivity contribution < 1.29 is 0 Å². The Hall–Kier alpha value is -2.67. The highest BCUT2D eigenvalue weighted by Crippen LogP contribution is 2.19. The van der Waals surface area contributed by atoms with Gasteiger partial charge in [-0.05, 0) is 42.2 Å². The van der Waals surface area contributed by atoms with Crippen LogP contribution in [-0.4, -0.2) is 15.0 Å². The first-order chi connectivity index (χ1) is 10.8. The number of rotatable bonds is 5. The minimum atomic E-state index is 0.687. The highest BCUT2D eigenvalue weighted by atomic mass is 15.0. The summed E-state index contributed by atoms with van der Waals surface area (Å²) in [4.78, 5) is 12.3. The molecule has 0 atom stereocenters. The van der Waals surface area contributed by atoms with E-state index in [9.17, 15) is 0 Å². The zero-order valence-electron chi connectivity index (χ0n) is 12.6. The minimum Gasteiger partial charge on any atom is -0.340 e. The highest BCUT2D eigenvalue weighted by Gasteiger charge is 2.08. The van der Waals surface area contributed by atoms with Gasteiger partial charge in [-0.3, -0.25) is 0 Å². The molecule has 0 aliphatic rings. The van der Waals surface area contributed by atoms with Gasteiger partial charge in [-0.15, -0.1) is 0 Å². The van der Waals surface area contributed by atoms with E-state index >= 15 is 0 Å². The molecule has 0 fully saturated rings. The number of aromatic nitrogens is 3. The topological polar surface area (TPSA) is 65.4 Å². The van der Waals surface area contributed by atoms with Crippen LogP contribution in [0.4, 0.5) is 0 Å². The molecule has 1 N–H and O–H groups in total. The van der Waals surface area contributed by atoms with Crippen LogP contribution in [0.3, 0.4) is 0 Å². The molecule has 4 nitrogen and oxygen atoms in total. The maximum Gasteiger partial charge on any atom is 0.177 e. The number of hydrogen-bond acceptors (Lipinski definition) is 3. The lowest BCUT2D eigenvalue weighted by atomic mass is 10.0. The number of fused-ring (bicyclic) bond motifs is 1. The third kappa shape index (κ3) is 2.99. The van der Waals surface area contributed by atoms with Crippen molar-refractivity contribution in [2.75, 3.05) is 0 Å². The Morgan fingerprint density at radius 1 is 1.18 bits per heavy atom. The molecule has 22 heavy (non-hydrogen) atoms. The lowest BCUT2D eigenvalue weighted by Gasteiger charge is -2.03. The molecule has 2 heterocycles. The first-order valence-corrected chi connectivity index (χ1v) is 7.61. The molecule has 0 unspecified atom stereocenters. The predicted molar refractivity (Wildman–Crippen MR) is 86.5 cm³/mol. The van der Waals surface area contributed by atoms with E-state index in [1.54, 1.807) is 0 Å². The van der Waals surface area contributed by atoms with Gasteiger partial charge >= 0.3 is 0 Å². The summed E-state index contributed by atoms with van der Waals surface area (Å²) in [6.45, 7) is 2.18. The molecular formula is C18H18N4. The lowest BCUT2D eigenvalue weighted by Crippen LogP contribution is -1.91. The minimum absolute atomic E-state index is 0.687. The fourth-order valence-electron chi connectivity index (χ4n) is 2.54. The monoisotopic (exact) mass is 290 g/mol. The average molecular weight is 290 g/mol. The summed E-state index contributed by atoms with van der Waals surface area (Å²) in [6.07, 6.45) is 5.86. The Morgan fingerprint density at radius 3 is 2.73 bits per heavy atom. The number of H-pyrrole nitrogens is 1. The van der Waals surface area contributed by atoms with Crippen molar-refractivity contribution in [1.29, 1.82) is 5.26 Å². The second-order valence-corrected chi connectivity index (χ2v) is 5.44. The van der Waals surface area contributed by atoms with Gasteiger partial charge in [0, 0.05) is 12.6 Å². The normalized spacial score (nSPS) is 10.7. The fraction of sp³-hybridized carbons (Fsp3) is 0.278. The number of nitrogens with one attached hydrogen (secondary N) is 1. The average Bonchev–Trinajstić information content (AvgIpc) is 2.98. The van der Waals surface area contributed by atoms with E-state index in [4.69, 9.17) is 5.26 Å². The van der Waals surface area contributed by atoms with E-state index in [1.807, 2.05) is 36.5 Å². The number of nitriles is 1. The number of pyridine rings is 1. The van der Waals surface area contributed by atoms with E-state index in [0.29, 0.717) is 5.56 Å². The maximum atomic E-state index is 8.86. The summed E-state index contributed by atoms with van der Waals surface area (Å²) in [5.74, 6) is 1.01. The molecule has 0 spiro atoms. The van der Waals surface area contributed by atoms with Crippen LogP contribution in [0.25, 0.3) is 11.2 Å². The van der Waals surface area contributed by atoms with Crippen LogP contribution in [-0.2, 0) is 12.8 Å². The SMILES string of the molecule is CCCCc1nc2nccc(Cc3ccc(C#N)cc3)c2[nH]1.